The van der Waals surface area contributed by atoms with Crippen LogP contribution in [0.4, 0.5) is 0 Å². The molecule has 0 aliphatic carbocycles. The fourth-order valence-corrected chi connectivity index (χ4v) is 5.68. The van der Waals surface area contributed by atoms with Crippen molar-refractivity contribution in [1.82, 2.24) is 0 Å². The van der Waals surface area contributed by atoms with Crippen molar-refractivity contribution in [3.05, 3.63) is 62.0 Å². The lowest BCUT2D eigenvalue weighted by molar-refractivity contribution is 0.467. The lowest BCUT2D eigenvalue weighted by Crippen LogP contribution is -2.43. The Bertz CT molecular complexity index is 851. The first-order valence-electron chi connectivity index (χ1n) is 10.9. The Morgan fingerprint density at radius 3 is 1.81 bits per heavy atom. The first kappa shape index (κ1) is 26.8. The summed E-state index contributed by atoms with van der Waals surface area (Å²) in [6.45, 7) is 19.7. The van der Waals surface area contributed by atoms with Gasteiger partial charge in [-0.1, -0.05) is 84.7 Å². The van der Waals surface area contributed by atoms with Crippen LogP contribution in [0.3, 0.4) is 0 Å². The Labute approximate surface area is 208 Å². The summed E-state index contributed by atoms with van der Waals surface area (Å²) in [5.74, 6) is 0.939. The van der Waals surface area contributed by atoms with Crippen LogP contribution in [0.15, 0.2) is 45.3 Å². The van der Waals surface area contributed by atoms with Gasteiger partial charge in [-0.15, -0.1) is 0 Å². The van der Waals surface area contributed by atoms with Crippen molar-refractivity contribution in [3.63, 3.8) is 0 Å². The first-order chi connectivity index (χ1) is 13.9. The summed E-state index contributed by atoms with van der Waals surface area (Å²) < 4.78 is 8.64. The van der Waals surface area contributed by atoms with Crippen molar-refractivity contribution < 1.29 is 9.22 Å². The van der Waals surface area contributed by atoms with Crippen molar-refractivity contribution in [1.29, 1.82) is 0 Å². The number of rotatable bonds is 7. The molecular weight excluding hydrogens is 548 g/mol. The third kappa shape index (κ3) is 6.79. The highest BCUT2D eigenvalue weighted by Gasteiger charge is 2.39. The molecule has 2 nitrogen and oxygen atoms in total. The summed E-state index contributed by atoms with van der Waals surface area (Å²) in [4.78, 5) is 10.6. The molecule has 0 radical (unpaired) electrons. The highest BCUT2D eigenvalue weighted by atomic mass is 79.9. The summed E-state index contributed by atoms with van der Waals surface area (Å²) in [6, 6.07) is 13.0. The van der Waals surface area contributed by atoms with Crippen molar-refractivity contribution in [2.24, 2.45) is 0 Å². The number of hydrogen-bond acceptors (Lipinski definition) is 2. The normalized spacial score (nSPS) is 13.4. The van der Waals surface area contributed by atoms with Gasteiger partial charge in [0.05, 0.1) is 0 Å². The molecule has 172 valence electrons. The van der Waals surface area contributed by atoms with E-state index in [0.717, 1.165) is 27.5 Å². The predicted octanol–water partition coefficient (Wildman–Crippen LogP) is 8.71. The lowest BCUT2D eigenvalue weighted by atomic mass is 9.98. The highest BCUT2D eigenvalue weighted by Crippen LogP contribution is 2.40. The minimum absolute atomic E-state index is 0.0725. The molecule has 0 amide bonds. The zero-order chi connectivity index (χ0) is 23.8. The molecule has 0 unspecified atom stereocenters. The quantitative estimate of drug-likeness (QED) is 0.329. The fourth-order valence-electron chi connectivity index (χ4n) is 2.96. The van der Waals surface area contributed by atoms with E-state index in [1.54, 1.807) is 0 Å². The van der Waals surface area contributed by atoms with Gasteiger partial charge in [-0.3, -0.25) is 0 Å². The molecule has 0 aromatic heterocycles. The third-order valence-corrected chi connectivity index (χ3v) is 16.3. The Kier molecular flexibility index (Phi) is 8.18. The number of hydrogen-bond donors (Lipinski definition) is 1. The molecule has 0 saturated carbocycles. The van der Waals surface area contributed by atoms with E-state index in [1.165, 1.54) is 16.7 Å². The van der Waals surface area contributed by atoms with Gasteiger partial charge in [-0.2, -0.15) is 0 Å². The van der Waals surface area contributed by atoms with Gasteiger partial charge >= 0.3 is 0 Å². The maximum absolute atomic E-state index is 10.6. The lowest BCUT2D eigenvalue weighted by Gasteiger charge is -2.36. The van der Waals surface area contributed by atoms with Crippen LogP contribution < -0.4 is 4.43 Å². The zero-order valence-electron chi connectivity index (χ0n) is 20.5. The van der Waals surface area contributed by atoms with Crippen LogP contribution in [-0.4, -0.2) is 21.4 Å². The van der Waals surface area contributed by atoms with Crippen LogP contribution in [0, 0.1) is 0 Å². The van der Waals surface area contributed by atoms with Gasteiger partial charge in [0, 0.05) is 8.95 Å². The number of halogens is 2. The molecule has 0 spiro atoms. The van der Waals surface area contributed by atoms with E-state index >= 15 is 0 Å². The second-order valence-corrected chi connectivity index (χ2v) is 22.2. The van der Waals surface area contributed by atoms with E-state index in [0.29, 0.717) is 0 Å². The predicted molar refractivity (Wildman–Crippen MR) is 146 cm³/mol. The topological polar surface area (TPSA) is 29.5 Å². The van der Waals surface area contributed by atoms with Crippen LogP contribution in [-0.2, 0) is 12.8 Å². The van der Waals surface area contributed by atoms with Gasteiger partial charge < -0.3 is 9.22 Å². The molecule has 0 fully saturated rings. The summed E-state index contributed by atoms with van der Waals surface area (Å²) >= 11 is 7.54. The van der Waals surface area contributed by atoms with Gasteiger partial charge in [-0.05, 0) is 84.0 Å². The van der Waals surface area contributed by atoms with Crippen LogP contribution in [0.2, 0.25) is 36.3 Å². The second-order valence-electron chi connectivity index (χ2n) is 11.3. The molecule has 0 heterocycles. The number of benzene rings is 2. The standard InChI is InChI=1S/C25H38Br2O2Si2/c1-24(2,3)31(8,9)29-21-13-12-20(23(27)16-21)15-19-11-10-18(14-22(19)26)17-25(4,5)30(6,7)28/h10-14,16,28H,15,17H2,1-9H3. The van der Waals surface area contributed by atoms with E-state index in [-0.39, 0.29) is 10.1 Å². The van der Waals surface area contributed by atoms with E-state index in [4.69, 9.17) is 4.43 Å². The Hall–Kier alpha value is -0.406. The molecule has 0 bridgehead atoms. The molecule has 0 aliphatic rings. The molecule has 2 aromatic carbocycles. The molecule has 2 aromatic rings. The van der Waals surface area contributed by atoms with Crippen molar-refractivity contribution in [2.45, 2.75) is 83.7 Å². The summed E-state index contributed by atoms with van der Waals surface area (Å²) in [5.41, 5.74) is 3.74. The largest absolute Gasteiger partial charge is 0.543 e. The zero-order valence-corrected chi connectivity index (χ0v) is 25.7. The molecule has 6 heteroatoms. The minimum atomic E-state index is -2.23. The van der Waals surface area contributed by atoms with Gasteiger partial charge in [0.1, 0.15) is 5.75 Å². The monoisotopic (exact) mass is 584 g/mol. The van der Waals surface area contributed by atoms with Crippen LogP contribution in [0.25, 0.3) is 0 Å². The van der Waals surface area contributed by atoms with Crippen LogP contribution in [0.1, 0.15) is 51.3 Å². The van der Waals surface area contributed by atoms with Gasteiger partial charge in [-0.25, -0.2) is 0 Å². The summed E-state index contributed by atoms with van der Waals surface area (Å²) in [5, 5.41) is 0.101. The SMILES string of the molecule is CC(C)(Cc1ccc(Cc2ccc(O[Si](C)(C)C(C)(C)C)cc2Br)c(Br)c1)[Si](C)(C)O. The third-order valence-electron chi connectivity index (χ3n) is 7.00. The molecule has 0 atom stereocenters. The highest BCUT2D eigenvalue weighted by molar-refractivity contribution is 9.10. The second kappa shape index (κ2) is 9.45. The smallest absolute Gasteiger partial charge is 0.250 e. The Balaban J connectivity index is 2.18. The maximum Gasteiger partial charge on any atom is 0.250 e. The molecule has 0 saturated heterocycles. The van der Waals surface area contributed by atoms with Crippen LogP contribution >= 0.6 is 31.9 Å². The van der Waals surface area contributed by atoms with Crippen molar-refractivity contribution in [3.8, 4) is 5.75 Å². The van der Waals surface area contributed by atoms with E-state index in [2.05, 4.69) is 116 Å². The van der Waals surface area contributed by atoms with Gasteiger partial charge in [0.25, 0.3) is 0 Å². The van der Waals surface area contributed by atoms with E-state index in [9.17, 15) is 4.80 Å². The van der Waals surface area contributed by atoms with Crippen LogP contribution in [0.5, 0.6) is 5.75 Å². The molecule has 31 heavy (non-hydrogen) atoms. The average molecular weight is 587 g/mol. The fraction of sp³-hybridized carbons (Fsp3) is 0.520. The van der Waals surface area contributed by atoms with Gasteiger partial charge in [0.2, 0.25) is 8.32 Å². The van der Waals surface area contributed by atoms with Gasteiger partial charge in [0.15, 0.2) is 8.32 Å². The Morgan fingerprint density at radius 2 is 1.35 bits per heavy atom. The van der Waals surface area contributed by atoms with E-state index in [1.807, 2.05) is 13.1 Å². The Morgan fingerprint density at radius 1 is 0.839 bits per heavy atom. The minimum Gasteiger partial charge on any atom is -0.543 e. The average Bonchev–Trinajstić information content (AvgIpc) is 2.56. The summed E-state index contributed by atoms with van der Waals surface area (Å²) in [6.07, 6.45) is 1.72. The molecular formula is C25H38Br2O2Si2. The maximum atomic E-state index is 10.6. The van der Waals surface area contributed by atoms with E-state index < -0.39 is 16.6 Å². The molecule has 1 N–H and O–H groups in total. The molecule has 0 aliphatic heterocycles. The summed E-state index contributed by atoms with van der Waals surface area (Å²) in [7, 11) is -4.08. The first-order valence-corrected chi connectivity index (χ1v) is 18.3. The molecule has 2 rings (SSSR count). The van der Waals surface area contributed by atoms with Crippen molar-refractivity contribution >= 4 is 48.5 Å². The van der Waals surface area contributed by atoms with Crippen molar-refractivity contribution in [2.75, 3.05) is 0 Å².